The summed E-state index contributed by atoms with van der Waals surface area (Å²) < 4.78 is 0. The summed E-state index contributed by atoms with van der Waals surface area (Å²) in [5, 5.41) is 11.6. The average molecular weight is 327 g/mol. The first-order valence-electron chi connectivity index (χ1n) is 6.21. The molecule has 0 saturated carbocycles. The van der Waals surface area contributed by atoms with Gasteiger partial charge in [-0.25, -0.2) is 0 Å². The molecule has 19 heavy (non-hydrogen) atoms. The Morgan fingerprint density at radius 1 is 1.53 bits per heavy atom. The van der Waals surface area contributed by atoms with Gasteiger partial charge in [-0.15, -0.1) is 0 Å². The van der Waals surface area contributed by atoms with Crippen LogP contribution in [-0.4, -0.2) is 34.2 Å². The zero-order valence-electron chi connectivity index (χ0n) is 10.4. The van der Waals surface area contributed by atoms with E-state index in [-0.39, 0.29) is 11.6 Å². The number of rotatable bonds is 3. The van der Waals surface area contributed by atoms with Crippen LogP contribution in [-0.2, 0) is 0 Å². The molecule has 1 aromatic carbocycles. The van der Waals surface area contributed by atoms with Gasteiger partial charge in [0.2, 0.25) is 0 Å². The van der Waals surface area contributed by atoms with E-state index in [4.69, 9.17) is 0 Å². The number of nitrogens with zero attached hydrogens (tertiary/aromatic N) is 2. The second-order valence-electron chi connectivity index (χ2n) is 4.72. The van der Waals surface area contributed by atoms with Gasteiger partial charge in [-0.2, -0.15) is 0 Å². The fraction of sp³-hybridized carbons (Fsp3) is 0.462. The van der Waals surface area contributed by atoms with Crippen molar-refractivity contribution in [1.82, 2.24) is 4.90 Å². The largest absolute Gasteiger partial charge is 0.338 e. The van der Waals surface area contributed by atoms with Crippen molar-refractivity contribution in [3.8, 4) is 0 Å². The summed E-state index contributed by atoms with van der Waals surface area (Å²) in [6.45, 7) is 1.44. The number of non-ortho nitro benzene ring substituents is 1. The number of nitro benzene ring substituents is 1. The third-order valence-electron chi connectivity index (χ3n) is 3.33. The Morgan fingerprint density at radius 3 is 3.00 bits per heavy atom. The van der Waals surface area contributed by atoms with Crippen LogP contribution in [0.5, 0.6) is 0 Å². The summed E-state index contributed by atoms with van der Waals surface area (Å²) in [4.78, 5) is 24.4. The van der Waals surface area contributed by atoms with Crippen LogP contribution in [0.2, 0.25) is 0 Å². The summed E-state index contributed by atoms with van der Waals surface area (Å²) in [7, 11) is 0. The number of nitro groups is 1. The lowest BCUT2D eigenvalue weighted by Gasteiger charge is -2.31. The molecule has 2 rings (SSSR count). The maximum atomic E-state index is 12.3. The molecule has 1 aliphatic rings. The van der Waals surface area contributed by atoms with E-state index < -0.39 is 4.92 Å². The predicted molar refractivity (Wildman–Crippen MR) is 75.5 cm³/mol. The molecule has 0 radical (unpaired) electrons. The van der Waals surface area contributed by atoms with Crippen LogP contribution in [0.1, 0.15) is 23.2 Å². The van der Waals surface area contributed by atoms with Crippen molar-refractivity contribution in [3.63, 3.8) is 0 Å². The standard InChI is InChI=1S/C13H15BrN2O3/c14-8-10-3-2-6-15(9-10)13(17)11-4-1-5-12(7-11)16(18)19/h1,4-5,7,10H,2-3,6,8-9H2. The lowest BCUT2D eigenvalue weighted by atomic mass is 9.99. The van der Waals surface area contributed by atoms with Crippen molar-refractivity contribution in [1.29, 1.82) is 0 Å². The molecular formula is C13H15BrN2O3. The predicted octanol–water partition coefficient (Wildman–Crippen LogP) is 2.84. The summed E-state index contributed by atoms with van der Waals surface area (Å²) in [6.07, 6.45) is 2.10. The van der Waals surface area contributed by atoms with E-state index >= 15 is 0 Å². The maximum Gasteiger partial charge on any atom is 0.270 e. The molecule has 1 amide bonds. The highest BCUT2D eigenvalue weighted by Crippen LogP contribution is 2.21. The molecule has 5 nitrogen and oxygen atoms in total. The first-order chi connectivity index (χ1) is 9.11. The monoisotopic (exact) mass is 326 g/mol. The molecule has 1 atom stereocenters. The Balaban J connectivity index is 2.14. The van der Waals surface area contributed by atoms with Crippen molar-refractivity contribution in [2.45, 2.75) is 12.8 Å². The third kappa shape index (κ3) is 3.32. The molecule has 0 spiro atoms. The number of halogens is 1. The Labute approximate surface area is 119 Å². The van der Waals surface area contributed by atoms with Crippen LogP contribution in [0.25, 0.3) is 0 Å². The highest BCUT2D eigenvalue weighted by atomic mass is 79.9. The molecule has 0 aliphatic carbocycles. The zero-order valence-corrected chi connectivity index (χ0v) is 12.0. The van der Waals surface area contributed by atoms with Gasteiger partial charge >= 0.3 is 0 Å². The lowest BCUT2D eigenvalue weighted by molar-refractivity contribution is -0.384. The van der Waals surface area contributed by atoms with Crippen LogP contribution in [0.15, 0.2) is 24.3 Å². The smallest absolute Gasteiger partial charge is 0.270 e. The van der Waals surface area contributed by atoms with Crippen molar-refractivity contribution >= 4 is 27.5 Å². The summed E-state index contributed by atoms with van der Waals surface area (Å²) in [5.74, 6) is 0.353. The van der Waals surface area contributed by atoms with Crippen molar-refractivity contribution < 1.29 is 9.72 Å². The van der Waals surface area contributed by atoms with E-state index in [0.717, 1.165) is 24.7 Å². The molecule has 0 aromatic heterocycles. The minimum absolute atomic E-state index is 0.0418. The second kappa shape index (κ2) is 6.14. The Bertz CT molecular complexity index is 493. The van der Waals surface area contributed by atoms with Crippen LogP contribution in [0.3, 0.4) is 0 Å². The number of alkyl halides is 1. The normalized spacial score (nSPS) is 19.2. The van der Waals surface area contributed by atoms with Gasteiger partial charge in [0.15, 0.2) is 0 Å². The number of hydrogen-bond acceptors (Lipinski definition) is 3. The molecule has 0 N–H and O–H groups in total. The van der Waals surface area contributed by atoms with Gasteiger partial charge in [-0.3, -0.25) is 14.9 Å². The van der Waals surface area contributed by atoms with E-state index in [1.54, 1.807) is 17.0 Å². The van der Waals surface area contributed by atoms with Gasteiger partial charge in [-0.05, 0) is 24.8 Å². The molecule has 1 aliphatic heterocycles. The quantitative estimate of drug-likeness (QED) is 0.487. The second-order valence-corrected chi connectivity index (χ2v) is 5.37. The average Bonchev–Trinajstić information content (AvgIpc) is 2.46. The fourth-order valence-electron chi connectivity index (χ4n) is 2.31. The summed E-state index contributed by atoms with van der Waals surface area (Å²) in [6, 6.07) is 5.93. The minimum Gasteiger partial charge on any atom is -0.338 e. The summed E-state index contributed by atoms with van der Waals surface area (Å²) >= 11 is 3.45. The van der Waals surface area contributed by atoms with Crippen molar-refractivity contribution in [2.24, 2.45) is 5.92 Å². The molecular weight excluding hydrogens is 312 g/mol. The molecule has 1 unspecified atom stereocenters. The Kier molecular flexibility index (Phi) is 4.52. The zero-order chi connectivity index (χ0) is 13.8. The molecule has 102 valence electrons. The highest BCUT2D eigenvalue weighted by Gasteiger charge is 2.24. The molecule has 1 heterocycles. The number of piperidine rings is 1. The topological polar surface area (TPSA) is 63.4 Å². The third-order valence-corrected chi connectivity index (χ3v) is 4.24. The van der Waals surface area contributed by atoms with E-state index in [1.807, 2.05) is 0 Å². The SMILES string of the molecule is O=C(c1cccc([N+](=O)[O-])c1)N1CCCC(CBr)C1. The van der Waals surface area contributed by atoms with Crippen LogP contribution < -0.4 is 0 Å². The molecule has 0 bridgehead atoms. The molecule has 1 aromatic rings. The Morgan fingerprint density at radius 2 is 2.32 bits per heavy atom. The van der Waals surface area contributed by atoms with Crippen molar-refractivity contribution in [3.05, 3.63) is 39.9 Å². The van der Waals surface area contributed by atoms with E-state index in [2.05, 4.69) is 15.9 Å². The van der Waals surface area contributed by atoms with Crippen LogP contribution >= 0.6 is 15.9 Å². The maximum absolute atomic E-state index is 12.3. The van der Waals surface area contributed by atoms with E-state index in [0.29, 0.717) is 18.0 Å². The van der Waals surface area contributed by atoms with E-state index in [9.17, 15) is 14.9 Å². The minimum atomic E-state index is -0.478. The number of hydrogen-bond donors (Lipinski definition) is 0. The first-order valence-corrected chi connectivity index (χ1v) is 7.33. The first kappa shape index (κ1) is 14.0. The number of carbonyl (C=O) groups excluding carboxylic acids is 1. The number of carbonyl (C=O) groups is 1. The number of amides is 1. The number of likely N-dealkylation sites (tertiary alicyclic amines) is 1. The molecule has 6 heteroatoms. The van der Waals surface area contributed by atoms with Gasteiger partial charge in [-0.1, -0.05) is 22.0 Å². The highest BCUT2D eigenvalue weighted by molar-refractivity contribution is 9.09. The van der Waals surface area contributed by atoms with Crippen LogP contribution in [0, 0.1) is 16.0 Å². The van der Waals surface area contributed by atoms with Gasteiger partial charge in [0.25, 0.3) is 11.6 Å². The lowest BCUT2D eigenvalue weighted by Crippen LogP contribution is -2.40. The molecule has 1 saturated heterocycles. The fourth-order valence-corrected chi connectivity index (χ4v) is 2.84. The van der Waals surface area contributed by atoms with Gasteiger partial charge in [0, 0.05) is 36.1 Å². The van der Waals surface area contributed by atoms with Gasteiger partial charge in [0.1, 0.15) is 0 Å². The van der Waals surface area contributed by atoms with Gasteiger partial charge < -0.3 is 4.90 Å². The van der Waals surface area contributed by atoms with Crippen LogP contribution in [0.4, 0.5) is 5.69 Å². The van der Waals surface area contributed by atoms with Crippen molar-refractivity contribution in [2.75, 3.05) is 18.4 Å². The van der Waals surface area contributed by atoms with E-state index in [1.165, 1.54) is 12.1 Å². The summed E-state index contributed by atoms with van der Waals surface area (Å²) in [5.41, 5.74) is 0.351. The number of benzene rings is 1. The molecule has 1 fully saturated rings. The van der Waals surface area contributed by atoms with Gasteiger partial charge in [0.05, 0.1) is 4.92 Å². The Hall–Kier alpha value is -1.43.